The van der Waals surface area contributed by atoms with Gasteiger partial charge in [-0.25, -0.2) is 0 Å². The highest BCUT2D eigenvalue weighted by Gasteiger charge is 2.39. The Bertz CT molecular complexity index is 507. The first kappa shape index (κ1) is 13.8. The Hall–Kier alpha value is -0.820. The van der Waals surface area contributed by atoms with E-state index in [4.69, 9.17) is 0 Å². The molecule has 0 aromatic heterocycles. The molecule has 0 heterocycles. The molecule has 0 radical (unpaired) electrons. The third-order valence-corrected chi connectivity index (χ3v) is 6.44. The van der Waals surface area contributed by atoms with Gasteiger partial charge in [0.05, 0.1) is 0 Å². The van der Waals surface area contributed by atoms with Crippen LogP contribution in [-0.4, -0.2) is 6.54 Å². The van der Waals surface area contributed by atoms with E-state index >= 15 is 0 Å². The van der Waals surface area contributed by atoms with Crippen molar-refractivity contribution in [1.82, 2.24) is 5.32 Å². The van der Waals surface area contributed by atoms with Gasteiger partial charge >= 0.3 is 0 Å². The molecule has 0 saturated heterocycles. The molecular formula is C20H29N. The quantitative estimate of drug-likeness (QED) is 0.848. The van der Waals surface area contributed by atoms with Crippen LogP contribution in [0, 0.1) is 17.8 Å². The van der Waals surface area contributed by atoms with E-state index in [2.05, 4.69) is 30.4 Å². The van der Waals surface area contributed by atoms with E-state index in [0.717, 1.165) is 17.8 Å². The van der Waals surface area contributed by atoms with E-state index in [9.17, 15) is 0 Å². The lowest BCUT2D eigenvalue weighted by atomic mass is 9.88. The maximum absolute atomic E-state index is 3.83. The van der Waals surface area contributed by atoms with Crippen molar-refractivity contribution >= 4 is 0 Å². The summed E-state index contributed by atoms with van der Waals surface area (Å²) in [5.74, 6) is 3.07. The van der Waals surface area contributed by atoms with E-state index in [1.54, 1.807) is 11.1 Å². The van der Waals surface area contributed by atoms with E-state index < -0.39 is 0 Å². The normalized spacial score (nSPS) is 32.1. The van der Waals surface area contributed by atoms with Crippen molar-refractivity contribution in [3.8, 4) is 0 Å². The number of fused-ring (bicyclic) bond motifs is 3. The maximum Gasteiger partial charge on any atom is 0.0292 e. The van der Waals surface area contributed by atoms with E-state index in [-0.39, 0.29) is 0 Å². The summed E-state index contributed by atoms with van der Waals surface area (Å²) in [6.45, 7) is 3.58. The van der Waals surface area contributed by atoms with Crippen molar-refractivity contribution in [3.63, 3.8) is 0 Å². The van der Waals surface area contributed by atoms with Gasteiger partial charge in [0.1, 0.15) is 0 Å². The number of nitrogens with one attached hydrogen (secondary N) is 1. The Morgan fingerprint density at radius 3 is 2.71 bits per heavy atom. The number of aryl methyl sites for hydroxylation is 2. The average molecular weight is 283 g/mol. The summed E-state index contributed by atoms with van der Waals surface area (Å²) in [6, 6.07) is 7.74. The Labute approximate surface area is 129 Å². The van der Waals surface area contributed by atoms with Gasteiger partial charge in [-0.2, -0.15) is 0 Å². The first-order valence-electron chi connectivity index (χ1n) is 9.14. The van der Waals surface area contributed by atoms with Crippen LogP contribution >= 0.6 is 0 Å². The van der Waals surface area contributed by atoms with Crippen molar-refractivity contribution in [3.05, 3.63) is 34.9 Å². The second-order valence-corrected chi connectivity index (χ2v) is 7.80. The minimum atomic E-state index is 0.511. The van der Waals surface area contributed by atoms with Crippen LogP contribution in [-0.2, 0) is 12.8 Å². The van der Waals surface area contributed by atoms with E-state index in [0.29, 0.717) is 6.04 Å². The molecule has 2 bridgehead atoms. The van der Waals surface area contributed by atoms with Crippen molar-refractivity contribution in [2.45, 2.75) is 64.3 Å². The molecule has 1 aromatic carbocycles. The summed E-state index contributed by atoms with van der Waals surface area (Å²) >= 11 is 0. The van der Waals surface area contributed by atoms with Gasteiger partial charge in [-0.15, -0.1) is 0 Å². The monoisotopic (exact) mass is 283 g/mol. The number of hydrogen-bond acceptors (Lipinski definition) is 1. The number of rotatable bonds is 4. The van der Waals surface area contributed by atoms with Crippen LogP contribution in [0.3, 0.4) is 0 Å². The highest BCUT2D eigenvalue weighted by molar-refractivity contribution is 5.35. The summed E-state index contributed by atoms with van der Waals surface area (Å²) in [4.78, 5) is 0. The molecule has 21 heavy (non-hydrogen) atoms. The molecule has 0 spiro atoms. The second kappa shape index (κ2) is 5.76. The number of hydrogen-bond donors (Lipinski definition) is 1. The van der Waals surface area contributed by atoms with E-state index in [1.807, 2.05) is 0 Å². The van der Waals surface area contributed by atoms with Gasteiger partial charge in [0.15, 0.2) is 0 Å². The van der Waals surface area contributed by atoms with Gasteiger partial charge in [0.2, 0.25) is 0 Å². The van der Waals surface area contributed by atoms with Crippen LogP contribution < -0.4 is 5.32 Å². The molecule has 0 amide bonds. The third kappa shape index (κ3) is 2.77. The summed E-state index contributed by atoms with van der Waals surface area (Å²) in [7, 11) is 0. The summed E-state index contributed by atoms with van der Waals surface area (Å²) in [6.07, 6.45) is 11.4. The lowest BCUT2D eigenvalue weighted by Gasteiger charge is -2.25. The first-order valence-corrected chi connectivity index (χ1v) is 9.14. The van der Waals surface area contributed by atoms with E-state index in [1.165, 1.54) is 63.5 Å². The highest BCUT2D eigenvalue weighted by Crippen LogP contribution is 2.48. The van der Waals surface area contributed by atoms with Gasteiger partial charge in [-0.05, 0) is 92.9 Å². The molecule has 2 fully saturated rings. The minimum Gasteiger partial charge on any atom is -0.310 e. The summed E-state index contributed by atoms with van der Waals surface area (Å²) < 4.78 is 0. The lowest BCUT2D eigenvalue weighted by Crippen LogP contribution is -2.28. The van der Waals surface area contributed by atoms with Crippen LogP contribution in [0.5, 0.6) is 0 Å². The fourth-order valence-corrected chi connectivity index (χ4v) is 5.10. The largest absolute Gasteiger partial charge is 0.310 e. The highest BCUT2D eigenvalue weighted by atomic mass is 14.9. The van der Waals surface area contributed by atoms with Crippen LogP contribution in [0.2, 0.25) is 0 Å². The van der Waals surface area contributed by atoms with Crippen LogP contribution in [0.25, 0.3) is 0 Å². The fourth-order valence-electron chi connectivity index (χ4n) is 5.10. The maximum atomic E-state index is 3.83. The summed E-state index contributed by atoms with van der Waals surface area (Å²) in [5, 5.41) is 3.83. The molecule has 2 saturated carbocycles. The molecule has 4 unspecified atom stereocenters. The van der Waals surface area contributed by atoms with Gasteiger partial charge in [-0.1, -0.05) is 24.6 Å². The van der Waals surface area contributed by atoms with Crippen molar-refractivity contribution < 1.29 is 0 Å². The van der Waals surface area contributed by atoms with Crippen LogP contribution in [0.15, 0.2) is 18.2 Å². The molecule has 4 rings (SSSR count). The fraction of sp³-hybridized carbons (Fsp3) is 0.700. The Kier molecular flexibility index (Phi) is 3.79. The zero-order valence-electron chi connectivity index (χ0n) is 13.4. The molecule has 1 heteroatoms. The SMILES string of the molecule is CC(NCC1CC2CCC1C2)c1ccc2c(c1)CCCC2. The smallest absolute Gasteiger partial charge is 0.0292 e. The van der Waals surface area contributed by atoms with Gasteiger partial charge in [0, 0.05) is 6.04 Å². The molecular weight excluding hydrogens is 254 g/mol. The molecule has 114 valence electrons. The molecule has 3 aliphatic rings. The average Bonchev–Trinajstić information content (AvgIpc) is 3.15. The minimum absolute atomic E-state index is 0.511. The predicted molar refractivity (Wildman–Crippen MR) is 88.4 cm³/mol. The molecule has 4 atom stereocenters. The first-order chi connectivity index (χ1) is 10.3. The van der Waals surface area contributed by atoms with Crippen LogP contribution in [0.4, 0.5) is 0 Å². The Morgan fingerprint density at radius 1 is 1.10 bits per heavy atom. The molecule has 1 aromatic rings. The number of benzene rings is 1. The Balaban J connectivity index is 1.37. The zero-order chi connectivity index (χ0) is 14.2. The second-order valence-electron chi connectivity index (χ2n) is 7.80. The van der Waals surface area contributed by atoms with Crippen molar-refractivity contribution in [2.24, 2.45) is 17.8 Å². The van der Waals surface area contributed by atoms with Crippen molar-refractivity contribution in [2.75, 3.05) is 6.54 Å². The zero-order valence-corrected chi connectivity index (χ0v) is 13.4. The van der Waals surface area contributed by atoms with Gasteiger partial charge in [-0.3, -0.25) is 0 Å². The molecule has 3 aliphatic carbocycles. The Morgan fingerprint density at radius 2 is 1.95 bits per heavy atom. The van der Waals surface area contributed by atoms with Crippen molar-refractivity contribution in [1.29, 1.82) is 0 Å². The molecule has 1 N–H and O–H groups in total. The standard InChI is InChI=1S/C20H29N/c1-14(21-13-20-11-15-6-7-19(20)10-15)17-9-8-16-4-2-3-5-18(16)12-17/h8-9,12,14-15,19-21H,2-7,10-11,13H2,1H3. The van der Waals surface area contributed by atoms with Gasteiger partial charge < -0.3 is 5.32 Å². The molecule has 1 nitrogen and oxygen atoms in total. The third-order valence-electron chi connectivity index (χ3n) is 6.44. The van der Waals surface area contributed by atoms with Crippen LogP contribution in [0.1, 0.15) is 68.2 Å². The molecule has 0 aliphatic heterocycles. The summed E-state index contributed by atoms with van der Waals surface area (Å²) in [5.41, 5.74) is 4.72. The predicted octanol–water partition coefficient (Wildman–Crippen LogP) is 4.65. The topological polar surface area (TPSA) is 12.0 Å². The van der Waals surface area contributed by atoms with Gasteiger partial charge in [0.25, 0.3) is 0 Å². The lowest BCUT2D eigenvalue weighted by molar-refractivity contribution is 0.309.